The molecule has 1 fully saturated rings. The molecule has 1 aromatic rings. The zero-order valence-electron chi connectivity index (χ0n) is 10.2. The standard InChI is InChI=1S/C13H20BrNS2/c1-2-10(15)13(11-7-8-12(14)17-11)16-9-5-3-4-6-9/h7-10,13H,2-6,15H2,1H3. The number of nitrogens with two attached hydrogens (primary N) is 1. The Kier molecular flexibility index (Phi) is 5.40. The van der Waals surface area contributed by atoms with Gasteiger partial charge in [-0.1, -0.05) is 19.8 Å². The molecule has 1 nitrogen and oxygen atoms in total. The molecule has 17 heavy (non-hydrogen) atoms. The van der Waals surface area contributed by atoms with Crippen LogP contribution in [0.3, 0.4) is 0 Å². The van der Waals surface area contributed by atoms with Gasteiger partial charge in [0.05, 0.1) is 9.04 Å². The van der Waals surface area contributed by atoms with Crippen molar-refractivity contribution in [3.05, 3.63) is 20.8 Å². The summed E-state index contributed by atoms with van der Waals surface area (Å²) < 4.78 is 1.22. The smallest absolute Gasteiger partial charge is 0.0701 e. The van der Waals surface area contributed by atoms with Crippen LogP contribution < -0.4 is 5.73 Å². The van der Waals surface area contributed by atoms with Crippen molar-refractivity contribution >= 4 is 39.0 Å². The van der Waals surface area contributed by atoms with Crippen LogP contribution in [0, 0.1) is 0 Å². The highest BCUT2D eigenvalue weighted by Gasteiger charge is 2.26. The van der Waals surface area contributed by atoms with Crippen LogP contribution in [0.5, 0.6) is 0 Å². The lowest BCUT2D eigenvalue weighted by Gasteiger charge is -2.24. The summed E-state index contributed by atoms with van der Waals surface area (Å²) in [5.74, 6) is 0. The molecule has 1 aromatic heterocycles. The predicted octanol–water partition coefficient (Wildman–Crippen LogP) is 4.96. The average molecular weight is 334 g/mol. The Hall–Kier alpha value is 0.490. The Balaban J connectivity index is 2.07. The van der Waals surface area contributed by atoms with Crippen LogP contribution in [0.1, 0.15) is 49.2 Å². The van der Waals surface area contributed by atoms with Crippen LogP contribution in [0.2, 0.25) is 0 Å². The van der Waals surface area contributed by atoms with E-state index in [1.807, 2.05) is 11.3 Å². The summed E-state index contributed by atoms with van der Waals surface area (Å²) in [4.78, 5) is 1.43. The fraction of sp³-hybridized carbons (Fsp3) is 0.692. The van der Waals surface area contributed by atoms with Gasteiger partial charge in [0, 0.05) is 16.2 Å². The lowest BCUT2D eigenvalue weighted by Crippen LogP contribution is -2.26. The highest BCUT2D eigenvalue weighted by Crippen LogP contribution is 2.44. The molecule has 2 atom stereocenters. The Morgan fingerprint density at radius 3 is 2.71 bits per heavy atom. The molecule has 1 aliphatic carbocycles. The summed E-state index contributed by atoms with van der Waals surface area (Å²) in [6, 6.07) is 4.66. The number of halogens is 1. The van der Waals surface area contributed by atoms with Crippen LogP contribution >= 0.6 is 39.0 Å². The maximum atomic E-state index is 6.31. The van der Waals surface area contributed by atoms with Gasteiger partial charge in [-0.15, -0.1) is 23.1 Å². The van der Waals surface area contributed by atoms with E-state index in [2.05, 4.69) is 46.7 Å². The first kappa shape index (κ1) is 13.9. The van der Waals surface area contributed by atoms with Gasteiger partial charge < -0.3 is 5.73 Å². The fourth-order valence-corrected chi connectivity index (χ4v) is 5.73. The van der Waals surface area contributed by atoms with Crippen molar-refractivity contribution < 1.29 is 0 Å². The van der Waals surface area contributed by atoms with Gasteiger partial charge in [-0.25, -0.2) is 0 Å². The Bertz CT molecular complexity index is 347. The number of thiophene rings is 1. The maximum absolute atomic E-state index is 6.31. The molecule has 0 spiro atoms. The lowest BCUT2D eigenvalue weighted by molar-refractivity contribution is 0.636. The quantitative estimate of drug-likeness (QED) is 0.823. The predicted molar refractivity (Wildman–Crippen MR) is 82.9 cm³/mol. The van der Waals surface area contributed by atoms with Crippen molar-refractivity contribution in [1.82, 2.24) is 0 Å². The first-order valence-electron chi connectivity index (χ1n) is 6.37. The van der Waals surface area contributed by atoms with Gasteiger partial charge in [0.25, 0.3) is 0 Å². The Labute approximate surface area is 121 Å². The van der Waals surface area contributed by atoms with Gasteiger partial charge in [0.1, 0.15) is 0 Å². The van der Waals surface area contributed by atoms with Crippen LogP contribution in [-0.4, -0.2) is 11.3 Å². The third-order valence-corrected chi connectivity index (χ3v) is 6.98. The molecular formula is C13H20BrNS2. The number of thioether (sulfide) groups is 1. The molecule has 96 valence electrons. The van der Waals surface area contributed by atoms with Crippen molar-refractivity contribution in [1.29, 1.82) is 0 Å². The third-order valence-electron chi connectivity index (χ3n) is 3.38. The largest absolute Gasteiger partial charge is 0.326 e. The lowest BCUT2D eigenvalue weighted by atomic mass is 10.1. The van der Waals surface area contributed by atoms with Crippen molar-refractivity contribution in [2.24, 2.45) is 5.73 Å². The average Bonchev–Trinajstić information content (AvgIpc) is 2.96. The minimum Gasteiger partial charge on any atom is -0.326 e. The van der Waals surface area contributed by atoms with Crippen LogP contribution in [-0.2, 0) is 0 Å². The van der Waals surface area contributed by atoms with Gasteiger partial charge >= 0.3 is 0 Å². The molecule has 1 heterocycles. The monoisotopic (exact) mass is 333 g/mol. The molecule has 2 rings (SSSR count). The number of rotatable bonds is 5. The van der Waals surface area contributed by atoms with Gasteiger partial charge in [0.2, 0.25) is 0 Å². The van der Waals surface area contributed by atoms with E-state index in [0.717, 1.165) is 11.7 Å². The van der Waals surface area contributed by atoms with E-state index >= 15 is 0 Å². The topological polar surface area (TPSA) is 26.0 Å². The molecule has 2 unspecified atom stereocenters. The fourth-order valence-electron chi connectivity index (χ4n) is 2.31. The van der Waals surface area contributed by atoms with Crippen molar-refractivity contribution in [3.8, 4) is 0 Å². The molecule has 0 aromatic carbocycles. The number of hydrogen-bond donors (Lipinski definition) is 1. The highest BCUT2D eigenvalue weighted by molar-refractivity contribution is 9.11. The van der Waals surface area contributed by atoms with E-state index in [0.29, 0.717) is 5.25 Å². The molecule has 0 saturated heterocycles. The maximum Gasteiger partial charge on any atom is 0.0701 e. The summed E-state index contributed by atoms with van der Waals surface area (Å²) in [6.07, 6.45) is 6.62. The van der Waals surface area contributed by atoms with Crippen molar-refractivity contribution in [3.63, 3.8) is 0 Å². The second-order valence-electron chi connectivity index (χ2n) is 4.68. The molecule has 0 aliphatic heterocycles. The van der Waals surface area contributed by atoms with Gasteiger partial charge in [-0.05, 0) is 47.3 Å². The molecule has 1 aliphatic rings. The molecule has 2 N–H and O–H groups in total. The number of hydrogen-bond acceptors (Lipinski definition) is 3. The zero-order chi connectivity index (χ0) is 12.3. The normalized spacial score (nSPS) is 20.6. The van der Waals surface area contributed by atoms with E-state index in [1.54, 1.807) is 0 Å². The first-order valence-corrected chi connectivity index (χ1v) is 8.92. The molecule has 4 heteroatoms. The highest BCUT2D eigenvalue weighted by atomic mass is 79.9. The van der Waals surface area contributed by atoms with Crippen LogP contribution in [0.4, 0.5) is 0 Å². The summed E-state index contributed by atoms with van der Waals surface area (Å²) >= 11 is 7.51. The van der Waals surface area contributed by atoms with E-state index in [9.17, 15) is 0 Å². The van der Waals surface area contributed by atoms with Crippen LogP contribution in [0.25, 0.3) is 0 Å². The Morgan fingerprint density at radius 2 is 2.18 bits per heavy atom. The first-order chi connectivity index (χ1) is 8.20. The summed E-state index contributed by atoms with van der Waals surface area (Å²) in [5, 5.41) is 1.32. The molecular weight excluding hydrogens is 314 g/mol. The molecule has 0 bridgehead atoms. The second kappa shape index (κ2) is 6.60. The third kappa shape index (κ3) is 3.72. The van der Waals surface area contributed by atoms with Crippen molar-refractivity contribution in [2.75, 3.05) is 0 Å². The van der Waals surface area contributed by atoms with E-state index in [1.165, 1.54) is 34.3 Å². The minimum atomic E-state index is 0.283. The van der Waals surface area contributed by atoms with Gasteiger partial charge in [0.15, 0.2) is 0 Å². The molecule has 0 amide bonds. The van der Waals surface area contributed by atoms with E-state index in [-0.39, 0.29) is 6.04 Å². The van der Waals surface area contributed by atoms with Gasteiger partial charge in [-0.3, -0.25) is 0 Å². The molecule has 0 radical (unpaired) electrons. The minimum absolute atomic E-state index is 0.283. The summed E-state index contributed by atoms with van der Waals surface area (Å²) in [6.45, 7) is 2.19. The summed E-state index contributed by atoms with van der Waals surface area (Å²) in [7, 11) is 0. The molecule has 1 saturated carbocycles. The zero-order valence-corrected chi connectivity index (χ0v) is 13.4. The Morgan fingerprint density at radius 1 is 1.47 bits per heavy atom. The van der Waals surface area contributed by atoms with E-state index < -0.39 is 0 Å². The van der Waals surface area contributed by atoms with Gasteiger partial charge in [-0.2, -0.15) is 0 Å². The second-order valence-corrected chi connectivity index (χ2v) is 8.62. The SMILES string of the molecule is CCC(N)C(SC1CCCC1)c1ccc(Br)s1. The summed E-state index contributed by atoms with van der Waals surface area (Å²) in [5.41, 5.74) is 6.31. The van der Waals surface area contributed by atoms with Crippen LogP contribution in [0.15, 0.2) is 15.9 Å². The van der Waals surface area contributed by atoms with Crippen molar-refractivity contribution in [2.45, 2.75) is 55.6 Å². The van der Waals surface area contributed by atoms with E-state index in [4.69, 9.17) is 5.73 Å².